The summed E-state index contributed by atoms with van der Waals surface area (Å²) in [6.07, 6.45) is 9.12. The van der Waals surface area contributed by atoms with Gasteiger partial charge in [0.15, 0.2) is 0 Å². The molecule has 1 saturated carbocycles. The van der Waals surface area contributed by atoms with E-state index < -0.39 is 0 Å². The lowest BCUT2D eigenvalue weighted by atomic mass is 9.87. The smallest absolute Gasteiger partial charge is 0.243 e. The first kappa shape index (κ1) is 15.1. The van der Waals surface area contributed by atoms with E-state index in [2.05, 4.69) is 41.1 Å². The molecule has 3 nitrogen and oxygen atoms in total. The van der Waals surface area contributed by atoms with Crippen LogP contribution in [0.3, 0.4) is 0 Å². The molecule has 3 heteroatoms. The summed E-state index contributed by atoms with van der Waals surface area (Å²) in [5, 5.41) is 3.08. The maximum Gasteiger partial charge on any atom is 0.243 e. The first-order chi connectivity index (χ1) is 10.8. The van der Waals surface area contributed by atoms with E-state index in [1.165, 1.54) is 49.4 Å². The molecule has 0 radical (unpaired) electrons. The van der Waals surface area contributed by atoms with Crippen molar-refractivity contribution in [2.24, 2.45) is 5.92 Å². The van der Waals surface area contributed by atoms with Gasteiger partial charge in [0.1, 0.15) is 0 Å². The summed E-state index contributed by atoms with van der Waals surface area (Å²) in [5.41, 5.74) is 2.70. The van der Waals surface area contributed by atoms with Gasteiger partial charge in [0.05, 0.1) is 6.04 Å². The highest BCUT2D eigenvalue weighted by Gasteiger charge is 2.27. The third-order valence-electron chi connectivity index (χ3n) is 4.97. The van der Waals surface area contributed by atoms with Gasteiger partial charge in [-0.2, -0.15) is 0 Å². The van der Waals surface area contributed by atoms with Gasteiger partial charge in [-0.1, -0.05) is 44.0 Å². The average Bonchev–Trinajstić information content (AvgIpc) is 2.55. The van der Waals surface area contributed by atoms with Gasteiger partial charge in [0.2, 0.25) is 5.91 Å². The van der Waals surface area contributed by atoms with Gasteiger partial charge in [-0.05, 0) is 42.9 Å². The van der Waals surface area contributed by atoms with Crippen LogP contribution in [0, 0.1) is 5.92 Å². The van der Waals surface area contributed by atoms with Gasteiger partial charge in [-0.15, -0.1) is 0 Å². The van der Waals surface area contributed by atoms with E-state index in [1.54, 1.807) is 0 Å². The van der Waals surface area contributed by atoms with Crippen molar-refractivity contribution in [1.29, 1.82) is 0 Å². The average molecular weight is 298 g/mol. The number of anilines is 1. The second-order valence-corrected chi connectivity index (χ2v) is 6.65. The fraction of sp³-hybridized carbons (Fsp3) is 0.526. The first-order valence-corrected chi connectivity index (χ1v) is 8.52. The molecule has 1 N–H and O–H groups in total. The Balaban J connectivity index is 1.74. The fourth-order valence-electron chi connectivity index (χ4n) is 3.90. The largest absolute Gasteiger partial charge is 0.369 e. The van der Waals surface area contributed by atoms with E-state index >= 15 is 0 Å². The van der Waals surface area contributed by atoms with Crippen LogP contribution >= 0.6 is 0 Å². The Bertz CT molecular complexity index is 534. The number of carbonyl (C=O) groups is 1. The normalized spacial score (nSPS) is 22.0. The van der Waals surface area contributed by atoms with E-state index in [4.69, 9.17) is 0 Å². The van der Waals surface area contributed by atoms with Crippen molar-refractivity contribution in [2.45, 2.75) is 44.6 Å². The highest BCUT2D eigenvalue weighted by atomic mass is 16.1. The number of hydrogen-bond donors (Lipinski definition) is 1. The summed E-state index contributed by atoms with van der Waals surface area (Å²) in [6.45, 7) is 5.59. The van der Waals surface area contributed by atoms with E-state index in [9.17, 15) is 4.79 Å². The van der Waals surface area contributed by atoms with Gasteiger partial charge in [-0.25, -0.2) is 0 Å². The van der Waals surface area contributed by atoms with E-state index in [1.807, 2.05) is 0 Å². The Morgan fingerprint density at radius 3 is 2.82 bits per heavy atom. The number of rotatable bonds is 4. The zero-order chi connectivity index (χ0) is 15.4. The van der Waals surface area contributed by atoms with Crippen LogP contribution in [0.1, 0.15) is 37.7 Å². The van der Waals surface area contributed by atoms with Crippen LogP contribution in [0.2, 0.25) is 0 Å². The van der Waals surface area contributed by atoms with E-state index in [0.29, 0.717) is 0 Å². The predicted molar refractivity (Wildman–Crippen MR) is 91.1 cm³/mol. The summed E-state index contributed by atoms with van der Waals surface area (Å²) in [4.78, 5) is 14.1. The maximum absolute atomic E-state index is 11.6. The third-order valence-corrected chi connectivity index (χ3v) is 4.97. The predicted octanol–water partition coefficient (Wildman–Crippen LogP) is 3.30. The summed E-state index contributed by atoms with van der Waals surface area (Å²) in [6, 6.07) is 8.81. The Kier molecular flexibility index (Phi) is 4.81. The minimum absolute atomic E-state index is 0.0676. The molecular formula is C19H26N2O. The summed E-state index contributed by atoms with van der Waals surface area (Å²) in [5.74, 6) is 0.734. The van der Waals surface area contributed by atoms with Crippen molar-refractivity contribution < 1.29 is 4.79 Å². The van der Waals surface area contributed by atoms with Crippen LogP contribution in [0.5, 0.6) is 0 Å². The number of nitrogens with one attached hydrogen (secondary N) is 1. The number of fused-ring (bicyclic) bond motifs is 1. The highest BCUT2D eigenvalue weighted by Crippen LogP contribution is 2.31. The molecule has 1 heterocycles. The van der Waals surface area contributed by atoms with Crippen LogP contribution in [0.4, 0.5) is 5.69 Å². The molecule has 1 unspecified atom stereocenters. The lowest BCUT2D eigenvalue weighted by Gasteiger charge is -2.39. The van der Waals surface area contributed by atoms with Crippen LogP contribution in [-0.2, 0) is 11.2 Å². The first-order valence-electron chi connectivity index (χ1n) is 8.52. The van der Waals surface area contributed by atoms with Gasteiger partial charge in [-0.3, -0.25) is 4.79 Å². The van der Waals surface area contributed by atoms with Gasteiger partial charge in [0, 0.05) is 18.8 Å². The van der Waals surface area contributed by atoms with Crippen molar-refractivity contribution >= 4 is 11.6 Å². The molecule has 1 amide bonds. The molecule has 0 saturated heterocycles. The van der Waals surface area contributed by atoms with Crippen molar-refractivity contribution in [1.82, 2.24) is 5.32 Å². The molecule has 1 aromatic carbocycles. The number of para-hydroxylation sites is 1. The van der Waals surface area contributed by atoms with E-state index in [0.717, 1.165) is 25.4 Å². The van der Waals surface area contributed by atoms with Crippen molar-refractivity contribution in [3.05, 3.63) is 42.5 Å². The van der Waals surface area contributed by atoms with Gasteiger partial charge < -0.3 is 10.2 Å². The lowest BCUT2D eigenvalue weighted by molar-refractivity contribution is -0.117. The molecule has 1 aromatic rings. The molecule has 0 aromatic heterocycles. The Morgan fingerprint density at radius 1 is 1.27 bits per heavy atom. The molecule has 1 aliphatic carbocycles. The number of benzene rings is 1. The van der Waals surface area contributed by atoms with Crippen LogP contribution in [0.25, 0.3) is 0 Å². The van der Waals surface area contributed by atoms with Gasteiger partial charge in [0.25, 0.3) is 0 Å². The second-order valence-electron chi connectivity index (χ2n) is 6.65. The quantitative estimate of drug-likeness (QED) is 0.865. The molecule has 0 spiro atoms. The molecule has 22 heavy (non-hydrogen) atoms. The topological polar surface area (TPSA) is 32.3 Å². The number of hydrogen-bond acceptors (Lipinski definition) is 2. The standard InChI is InChI=1S/C19H26N2O/c1-2-19(22)20-17-12-16-10-6-7-11-18(16)21(14-17)13-15-8-4-3-5-9-15/h2,6-7,10-11,15,17H,1,3-5,8-9,12-14H2,(H,20,22). The van der Waals surface area contributed by atoms with Crippen LogP contribution in [0.15, 0.2) is 36.9 Å². The fourth-order valence-corrected chi connectivity index (χ4v) is 3.90. The molecule has 0 bridgehead atoms. The molecule has 118 valence electrons. The van der Waals surface area contributed by atoms with Crippen LogP contribution < -0.4 is 10.2 Å². The SMILES string of the molecule is C=CC(=O)NC1Cc2ccccc2N(CC2CCCCC2)C1. The van der Waals surface area contributed by atoms with Crippen molar-refractivity contribution in [3.8, 4) is 0 Å². The summed E-state index contributed by atoms with van der Waals surface area (Å²) in [7, 11) is 0. The Labute approximate surface area is 133 Å². The molecule has 1 aliphatic heterocycles. The second kappa shape index (κ2) is 6.99. The monoisotopic (exact) mass is 298 g/mol. The zero-order valence-electron chi connectivity index (χ0n) is 13.3. The third kappa shape index (κ3) is 3.52. The van der Waals surface area contributed by atoms with Gasteiger partial charge >= 0.3 is 0 Å². The summed E-state index contributed by atoms with van der Waals surface area (Å²) >= 11 is 0. The Hall–Kier alpha value is -1.77. The van der Waals surface area contributed by atoms with Crippen LogP contribution in [-0.4, -0.2) is 25.0 Å². The molecule has 3 rings (SSSR count). The number of carbonyl (C=O) groups excluding carboxylic acids is 1. The molecule has 1 fully saturated rings. The molecular weight excluding hydrogens is 272 g/mol. The zero-order valence-corrected chi connectivity index (χ0v) is 13.3. The number of amides is 1. The summed E-state index contributed by atoms with van der Waals surface area (Å²) < 4.78 is 0. The lowest BCUT2D eigenvalue weighted by Crippen LogP contribution is -2.49. The molecule has 2 aliphatic rings. The maximum atomic E-state index is 11.6. The Morgan fingerprint density at radius 2 is 2.05 bits per heavy atom. The molecule has 1 atom stereocenters. The number of nitrogens with zero attached hydrogens (tertiary/aromatic N) is 1. The van der Waals surface area contributed by atoms with Crippen molar-refractivity contribution in [3.63, 3.8) is 0 Å². The van der Waals surface area contributed by atoms with E-state index in [-0.39, 0.29) is 11.9 Å². The minimum atomic E-state index is -0.0676. The van der Waals surface area contributed by atoms with Crippen molar-refractivity contribution in [2.75, 3.05) is 18.0 Å². The minimum Gasteiger partial charge on any atom is -0.369 e. The highest BCUT2D eigenvalue weighted by molar-refractivity contribution is 5.87.